The fraction of sp³-hybridized carbons (Fsp3) is 0.586. The van der Waals surface area contributed by atoms with E-state index >= 15 is 0 Å². The molecule has 0 radical (unpaired) electrons. The highest BCUT2D eigenvalue weighted by atomic mass is 19.1. The highest BCUT2D eigenvalue weighted by Crippen LogP contribution is 2.60. The van der Waals surface area contributed by atoms with E-state index in [9.17, 15) is 14.0 Å². The number of furan rings is 1. The lowest BCUT2D eigenvalue weighted by Crippen LogP contribution is -2.56. The van der Waals surface area contributed by atoms with Crippen molar-refractivity contribution in [1.82, 2.24) is 9.80 Å². The lowest BCUT2D eigenvalue weighted by Gasteiger charge is -2.56. The number of hydrogen-bond acceptors (Lipinski definition) is 4. The van der Waals surface area contributed by atoms with Crippen molar-refractivity contribution in [2.45, 2.75) is 58.5 Å². The first-order valence-electron chi connectivity index (χ1n) is 13.2. The minimum absolute atomic E-state index is 0.00479. The molecule has 4 fully saturated rings. The fourth-order valence-electron chi connectivity index (χ4n) is 7.23. The molecule has 194 valence electrons. The predicted molar refractivity (Wildman–Crippen MR) is 133 cm³/mol. The number of halogens is 1. The number of benzene rings is 1. The van der Waals surface area contributed by atoms with Crippen LogP contribution < -0.4 is 0 Å². The number of rotatable bonds is 10. The Kier molecular flexibility index (Phi) is 7.20. The van der Waals surface area contributed by atoms with Crippen LogP contribution >= 0.6 is 0 Å². The monoisotopic (exact) mass is 496 g/mol. The fourth-order valence-corrected chi connectivity index (χ4v) is 7.23. The zero-order valence-corrected chi connectivity index (χ0v) is 21.4. The standard InChI is InChI=1S/C29H37FN2O4/c1-20-3-8-26(36-20)18-32(17-21-4-6-25(30)7-5-21)27(33)19-31(9-10-35-2)28(34)29-14-22-11-23(15-29)13-24(12-22)16-29/h3-8,22-24H,9-19H2,1-2H3. The Balaban J connectivity index is 1.35. The SMILES string of the molecule is COCCN(CC(=O)N(Cc1ccc(F)cc1)Cc1ccc(C)o1)C(=O)C12CC3CC(CC(C3)C1)C2. The van der Waals surface area contributed by atoms with Crippen molar-refractivity contribution >= 4 is 11.8 Å². The highest BCUT2D eigenvalue weighted by Gasteiger charge is 2.55. The Morgan fingerprint density at radius 3 is 2.17 bits per heavy atom. The number of carbonyl (C=O) groups excluding carboxylic acids is 2. The van der Waals surface area contributed by atoms with Crippen LogP contribution in [0.15, 0.2) is 40.8 Å². The predicted octanol–water partition coefficient (Wildman–Crippen LogP) is 4.95. The zero-order valence-electron chi connectivity index (χ0n) is 21.4. The molecule has 4 bridgehead atoms. The summed E-state index contributed by atoms with van der Waals surface area (Å²) in [6, 6.07) is 9.91. The van der Waals surface area contributed by atoms with E-state index in [1.807, 2.05) is 19.1 Å². The van der Waals surface area contributed by atoms with Gasteiger partial charge in [-0.15, -0.1) is 0 Å². The summed E-state index contributed by atoms with van der Waals surface area (Å²) < 4.78 is 24.5. The van der Waals surface area contributed by atoms with E-state index in [1.54, 1.807) is 29.0 Å². The van der Waals surface area contributed by atoms with E-state index in [4.69, 9.17) is 9.15 Å². The van der Waals surface area contributed by atoms with Crippen molar-refractivity contribution in [2.75, 3.05) is 26.8 Å². The molecule has 6 nitrogen and oxygen atoms in total. The number of amides is 2. The van der Waals surface area contributed by atoms with Crippen molar-refractivity contribution in [3.63, 3.8) is 0 Å². The van der Waals surface area contributed by atoms with Crippen LogP contribution in [0.2, 0.25) is 0 Å². The topological polar surface area (TPSA) is 63.0 Å². The van der Waals surface area contributed by atoms with E-state index in [0.29, 0.717) is 43.2 Å². The molecule has 7 heteroatoms. The van der Waals surface area contributed by atoms with Gasteiger partial charge in [0.25, 0.3) is 0 Å². The smallest absolute Gasteiger partial charge is 0.242 e. The first kappa shape index (κ1) is 25.0. The number of nitrogens with zero attached hydrogens (tertiary/aromatic N) is 2. The van der Waals surface area contributed by atoms with Gasteiger partial charge in [0.05, 0.1) is 25.1 Å². The Labute approximate surface area is 212 Å². The van der Waals surface area contributed by atoms with Crippen LogP contribution in [0.5, 0.6) is 0 Å². The molecule has 4 aliphatic carbocycles. The van der Waals surface area contributed by atoms with Gasteiger partial charge in [-0.25, -0.2) is 4.39 Å². The number of methoxy groups -OCH3 is 1. The molecule has 0 unspecified atom stereocenters. The summed E-state index contributed by atoms with van der Waals surface area (Å²) in [5.74, 6) is 3.07. The quantitative estimate of drug-likeness (QED) is 0.467. The molecule has 2 amide bonds. The Hall–Kier alpha value is -2.67. The van der Waals surface area contributed by atoms with Crippen molar-refractivity contribution in [1.29, 1.82) is 0 Å². The Morgan fingerprint density at radius 2 is 1.61 bits per heavy atom. The maximum absolute atomic E-state index is 14.1. The second kappa shape index (κ2) is 10.4. The molecule has 0 spiro atoms. The van der Waals surface area contributed by atoms with Gasteiger partial charge in [0.2, 0.25) is 11.8 Å². The highest BCUT2D eigenvalue weighted by molar-refractivity contribution is 5.88. The molecule has 0 N–H and O–H groups in total. The molecule has 1 aromatic carbocycles. The third kappa shape index (κ3) is 5.36. The van der Waals surface area contributed by atoms with Gasteiger partial charge in [0.15, 0.2) is 0 Å². The molecule has 36 heavy (non-hydrogen) atoms. The molecule has 0 saturated heterocycles. The lowest BCUT2D eigenvalue weighted by molar-refractivity contribution is -0.161. The second-order valence-corrected chi connectivity index (χ2v) is 11.3. The van der Waals surface area contributed by atoms with E-state index in [0.717, 1.165) is 30.6 Å². The maximum atomic E-state index is 14.1. The van der Waals surface area contributed by atoms with Gasteiger partial charge in [0.1, 0.15) is 17.3 Å². The first-order chi connectivity index (χ1) is 17.3. The summed E-state index contributed by atoms with van der Waals surface area (Å²) in [5.41, 5.74) is 0.506. The van der Waals surface area contributed by atoms with Gasteiger partial charge >= 0.3 is 0 Å². The molecule has 0 atom stereocenters. The van der Waals surface area contributed by atoms with Crippen LogP contribution in [0.25, 0.3) is 0 Å². The minimum Gasteiger partial charge on any atom is -0.464 e. The van der Waals surface area contributed by atoms with Crippen molar-refractivity contribution in [2.24, 2.45) is 23.2 Å². The van der Waals surface area contributed by atoms with E-state index in [-0.39, 0.29) is 36.1 Å². The molecule has 6 rings (SSSR count). The van der Waals surface area contributed by atoms with Crippen LogP contribution in [-0.2, 0) is 27.4 Å². The van der Waals surface area contributed by atoms with E-state index in [1.165, 1.54) is 31.4 Å². The number of carbonyl (C=O) groups is 2. The summed E-state index contributed by atoms with van der Waals surface area (Å²) in [5, 5.41) is 0. The van der Waals surface area contributed by atoms with Gasteiger partial charge in [0, 0.05) is 20.2 Å². The van der Waals surface area contributed by atoms with E-state index in [2.05, 4.69) is 0 Å². The molecule has 0 aliphatic heterocycles. The normalized spacial score (nSPS) is 26.2. The molecule has 4 aliphatic rings. The van der Waals surface area contributed by atoms with Crippen LogP contribution in [0, 0.1) is 35.9 Å². The molecule has 2 aromatic rings. The summed E-state index contributed by atoms with van der Waals surface area (Å²) in [4.78, 5) is 31.2. The third-order valence-electron chi connectivity index (χ3n) is 8.45. The van der Waals surface area contributed by atoms with Gasteiger partial charge < -0.3 is 19.0 Å². The molecular formula is C29H37FN2O4. The first-order valence-corrected chi connectivity index (χ1v) is 13.2. The average molecular weight is 497 g/mol. The molecular weight excluding hydrogens is 459 g/mol. The summed E-state index contributed by atoms with van der Waals surface area (Å²) >= 11 is 0. The lowest BCUT2D eigenvalue weighted by atomic mass is 9.49. The van der Waals surface area contributed by atoms with Crippen molar-refractivity contribution in [3.8, 4) is 0 Å². The van der Waals surface area contributed by atoms with Crippen LogP contribution in [0.3, 0.4) is 0 Å². The van der Waals surface area contributed by atoms with Crippen molar-refractivity contribution in [3.05, 3.63) is 59.3 Å². The van der Waals surface area contributed by atoms with Crippen LogP contribution in [0.4, 0.5) is 4.39 Å². The summed E-state index contributed by atoms with van der Waals surface area (Å²) in [7, 11) is 1.62. The van der Waals surface area contributed by atoms with Gasteiger partial charge in [-0.1, -0.05) is 12.1 Å². The Morgan fingerprint density at radius 1 is 0.972 bits per heavy atom. The van der Waals surface area contributed by atoms with Gasteiger partial charge in [-0.2, -0.15) is 0 Å². The minimum atomic E-state index is -0.317. The van der Waals surface area contributed by atoms with Crippen LogP contribution in [0.1, 0.15) is 55.6 Å². The van der Waals surface area contributed by atoms with Gasteiger partial charge in [-0.3, -0.25) is 9.59 Å². The van der Waals surface area contributed by atoms with Gasteiger partial charge in [-0.05, 0) is 93.0 Å². The molecule has 4 saturated carbocycles. The van der Waals surface area contributed by atoms with E-state index < -0.39 is 0 Å². The second-order valence-electron chi connectivity index (χ2n) is 11.3. The largest absolute Gasteiger partial charge is 0.464 e. The number of aryl methyl sites for hydroxylation is 1. The van der Waals surface area contributed by atoms with Crippen molar-refractivity contribution < 1.29 is 23.1 Å². The molecule has 1 heterocycles. The summed E-state index contributed by atoms with van der Waals surface area (Å²) in [6.45, 7) is 3.25. The Bertz CT molecular complexity index is 1040. The summed E-state index contributed by atoms with van der Waals surface area (Å²) in [6.07, 6.45) is 6.66. The molecule has 1 aromatic heterocycles. The number of hydrogen-bond donors (Lipinski definition) is 0. The van der Waals surface area contributed by atoms with Crippen LogP contribution in [-0.4, -0.2) is 48.4 Å². The average Bonchev–Trinajstić information content (AvgIpc) is 3.25. The number of ether oxygens (including phenoxy) is 1. The zero-order chi connectivity index (χ0) is 25.3. The third-order valence-corrected chi connectivity index (χ3v) is 8.45. The maximum Gasteiger partial charge on any atom is 0.242 e.